The number of rotatable bonds is 8. The predicted molar refractivity (Wildman–Crippen MR) is 112 cm³/mol. The Kier molecular flexibility index (Phi) is 7.29. The average molecular weight is 452 g/mol. The van der Waals surface area contributed by atoms with Crippen molar-refractivity contribution in [1.82, 2.24) is 15.5 Å². The molecule has 1 N–H and O–H groups in total. The van der Waals surface area contributed by atoms with Gasteiger partial charge in [0.25, 0.3) is 0 Å². The second-order valence-electron chi connectivity index (χ2n) is 6.67. The van der Waals surface area contributed by atoms with Crippen LogP contribution in [0.3, 0.4) is 0 Å². The number of aromatic nitrogens is 2. The lowest BCUT2D eigenvalue weighted by Gasteiger charge is -2.16. The van der Waals surface area contributed by atoms with E-state index in [-0.39, 0.29) is 17.4 Å². The third-order valence-corrected chi connectivity index (χ3v) is 5.11. The number of aryl methyl sites for hydroxylation is 1. The summed E-state index contributed by atoms with van der Waals surface area (Å²) in [5, 5.41) is 7.00. The van der Waals surface area contributed by atoms with Gasteiger partial charge in [-0.2, -0.15) is 4.98 Å². The van der Waals surface area contributed by atoms with E-state index in [0.717, 1.165) is 11.3 Å². The van der Waals surface area contributed by atoms with Crippen LogP contribution in [-0.4, -0.2) is 23.2 Å². The number of amides is 1. The smallest absolute Gasteiger partial charge is 0.226 e. The van der Waals surface area contributed by atoms with Gasteiger partial charge < -0.3 is 14.6 Å². The Balaban J connectivity index is 1.50. The van der Waals surface area contributed by atoms with E-state index >= 15 is 0 Å². The Morgan fingerprint density at radius 2 is 1.97 bits per heavy atom. The van der Waals surface area contributed by atoms with Crippen LogP contribution in [0.25, 0.3) is 11.4 Å². The maximum absolute atomic E-state index is 13.7. The number of hydrogen-bond acceptors (Lipinski definition) is 5. The van der Waals surface area contributed by atoms with Gasteiger partial charge in [-0.1, -0.05) is 28.4 Å². The second-order valence-corrected chi connectivity index (χ2v) is 7.49. The fourth-order valence-electron chi connectivity index (χ4n) is 2.88. The highest BCUT2D eigenvalue weighted by Crippen LogP contribution is 2.28. The van der Waals surface area contributed by atoms with Crippen LogP contribution in [-0.2, 0) is 11.2 Å². The molecule has 3 rings (SSSR count). The zero-order valence-electron chi connectivity index (χ0n) is 16.4. The molecule has 0 fully saturated rings. The molecular formula is C21H20Cl2FN3O3. The molecule has 0 radical (unpaired) electrons. The number of nitrogens with zero attached hydrogens (tertiary/aromatic N) is 2. The quantitative estimate of drug-likeness (QED) is 0.464. The molecule has 1 atom stereocenters. The lowest BCUT2D eigenvalue weighted by molar-refractivity contribution is -0.121. The molecule has 3 aromatic rings. The number of carbonyl (C=O) groups is 1. The molecule has 0 aliphatic carbocycles. The number of halogens is 3. The number of methoxy groups -OCH3 is 1. The third-order valence-electron chi connectivity index (χ3n) is 4.49. The van der Waals surface area contributed by atoms with Gasteiger partial charge in [0.1, 0.15) is 11.6 Å². The molecule has 6 nitrogen and oxygen atoms in total. The summed E-state index contributed by atoms with van der Waals surface area (Å²) in [5.74, 6) is 0.894. The van der Waals surface area contributed by atoms with Crippen LogP contribution in [0, 0.1) is 5.82 Å². The first-order valence-electron chi connectivity index (χ1n) is 9.28. The molecular weight excluding hydrogens is 432 g/mol. The van der Waals surface area contributed by atoms with E-state index in [4.69, 9.17) is 32.5 Å². The van der Waals surface area contributed by atoms with Gasteiger partial charge in [0, 0.05) is 23.4 Å². The van der Waals surface area contributed by atoms with Crippen LogP contribution in [0.15, 0.2) is 40.9 Å². The van der Waals surface area contributed by atoms with Crippen LogP contribution >= 0.6 is 23.2 Å². The third kappa shape index (κ3) is 5.49. The van der Waals surface area contributed by atoms with Crippen molar-refractivity contribution in [2.45, 2.75) is 32.2 Å². The molecule has 1 heterocycles. The standard InChI is InChI=1S/C21H20Cl2FN3O3/c1-12(15-10-18(24)17(23)11-16(15)22)25-19(28)4-3-5-20-26-21(27-30-20)13-6-8-14(29-2)9-7-13/h6-12H,3-5H2,1-2H3,(H,25,28). The first-order valence-corrected chi connectivity index (χ1v) is 10.0. The van der Waals surface area contributed by atoms with Gasteiger partial charge in [-0.25, -0.2) is 4.39 Å². The minimum Gasteiger partial charge on any atom is -0.497 e. The van der Waals surface area contributed by atoms with Crippen molar-refractivity contribution in [3.63, 3.8) is 0 Å². The van der Waals surface area contributed by atoms with Crippen molar-refractivity contribution in [2.75, 3.05) is 7.11 Å². The normalized spacial score (nSPS) is 11.9. The summed E-state index contributed by atoms with van der Waals surface area (Å²) >= 11 is 11.8. The first kappa shape index (κ1) is 22.1. The van der Waals surface area contributed by atoms with E-state index in [2.05, 4.69) is 15.5 Å². The fraction of sp³-hybridized carbons (Fsp3) is 0.286. The minimum absolute atomic E-state index is 0.0594. The summed E-state index contributed by atoms with van der Waals surface area (Å²) in [7, 11) is 1.60. The highest BCUT2D eigenvalue weighted by molar-refractivity contribution is 6.35. The summed E-state index contributed by atoms with van der Waals surface area (Å²) < 4.78 is 24.1. The van der Waals surface area contributed by atoms with Gasteiger partial charge in [0.15, 0.2) is 0 Å². The highest BCUT2D eigenvalue weighted by Gasteiger charge is 2.16. The molecule has 30 heavy (non-hydrogen) atoms. The topological polar surface area (TPSA) is 77.2 Å². The summed E-state index contributed by atoms with van der Waals surface area (Å²) in [5.41, 5.74) is 1.28. The predicted octanol–water partition coefficient (Wildman–Crippen LogP) is 5.39. The van der Waals surface area contributed by atoms with E-state index in [9.17, 15) is 9.18 Å². The molecule has 9 heteroatoms. The Bertz CT molecular complexity index is 1020. The van der Waals surface area contributed by atoms with Crippen molar-refractivity contribution in [2.24, 2.45) is 0 Å². The molecule has 158 valence electrons. The minimum atomic E-state index is -0.582. The summed E-state index contributed by atoms with van der Waals surface area (Å²) in [4.78, 5) is 16.6. The van der Waals surface area contributed by atoms with Gasteiger partial charge in [0.05, 0.1) is 18.2 Å². The van der Waals surface area contributed by atoms with Crippen LogP contribution in [0.4, 0.5) is 4.39 Å². The van der Waals surface area contributed by atoms with E-state index < -0.39 is 11.9 Å². The number of ether oxygens (including phenoxy) is 1. The first-order chi connectivity index (χ1) is 14.4. The average Bonchev–Trinajstić information content (AvgIpc) is 3.19. The Morgan fingerprint density at radius 1 is 1.23 bits per heavy atom. The van der Waals surface area contributed by atoms with Gasteiger partial charge >= 0.3 is 0 Å². The van der Waals surface area contributed by atoms with Crippen LogP contribution in [0.5, 0.6) is 5.75 Å². The molecule has 1 unspecified atom stereocenters. The lowest BCUT2D eigenvalue weighted by Crippen LogP contribution is -2.26. The number of nitrogens with one attached hydrogen (secondary N) is 1. The molecule has 0 aliphatic heterocycles. The molecule has 1 amide bonds. The summed E-state index contributed by atoms with van der Waals surface area (Å²) in [6.45, 7) is 1.73. The zero-order valence-corrected chi connectivity index (χ0v) is 17.9. The van der Waals surface area contributed by atoms with Gasteiger partial charge in [0.2, 0.25) is 17.6 Å². The Morgan fingerprint density at radius 3 is 2.67 bits per heavy atom. The van der Waals surface area contributed by atoms with Crippen molar-refractivity contribution >= 4 is 29.1 Å². The molecule has 2 aromatic carbocycles. The molecule has 0 aliphatic rings. The van der Waals surface area contributed by atoms with Crippen molar-refractivity contribution < 1.29 is 18.4 Å². The number of benzene rings is 2. The van der Waals surface area contributed by atoms with E-state index in [0.29, 0.717) is 35.1 Å². The number of carbonyl (C=O) groups excluding carboxylic acids is 1. The largest absolute Gasteiger partial charge is 0.497 e. The molecule has 0 saturated heterocycles. The van der Waals surface area contributed by atoms with Crippen molar-refractivity contribution in [3.05, 3.63) is 63.7 Å². The fourth-order valence-corrected chi connectivity index (χ4v) is 3.42. The van der Waals surface area contributed by atoms with E-state index in [1.807, 2.05) is 24.3 Å². The molecule has 1 aromatic heterocycles. The SMILES string of the molecule is COc1ccc(-c2noc(CCCC(=O)NC(C)c3cc(F)c(Cl)cc3Cl)n2)cc1. The van der Waals surface area contributed by atoms with Gasteiger partial charge in [-0.3, -0.25) is 4.79 Å². The molecule has 0 saturated carbocycles. The summed E-state index contributed by atoms with van der Waals surface area (Å²) in [6.07, 6.45) is 1.23. The van der Waals surface area contributed by atoms with E-state index in [1.165, 1.54) is 12.1 Å². The van der Waals surface area contributed by atoms with Crippen molar-refractivity contribution in [1.29, 1.82) is 0 Å². The van der Waals surface area contributed by atoms with E-state index in [1.54, 1.807) is 14.0 Å². The summed E-state index contributed by atoms with van der Waals surface area (Å²) in [6, 6.07) is 9.41. The van der Waals surface area contributed by atoms with Gasteiger partial charge in [-0.05, 0) is 55.3 Å². The molecule has 0 spiro atoms. The van der Waals surface area contributed by atoms with Gasteiger partial charge in [-0.15, -0.1) is 0 Å². The highest BCUT2D eigenvalue weighted by atomic mass is 35.5. The zero-order chi connectivity index (χ0) is 21.7. The van der Waals surface area contributed by atoms with Crippen LogP contribution in [0.1, 0.15) is 37.3 Å². The molecule has 0 bridgehead atoms. The maximum Gasteiger partial charge on any atom is 0.226 e. The maximum atomic E-state index is 13.7. The second kappa shape index (κ2) is 9.91. The number of hydrogen-bond donors (Lipinski definition) is 1. The Labute approximate surface area is 183 Å². The Hall–Kier alpha value is -2.64. The van der Waals surface area contributed by atoms with Crippen LogP contribution < -0.4 is 10.1 Å². The lowest BCUT2D eigenvalue weighted by atomic mass is 10.1. The monoisotopic (exact) mass is 451 g/mol. The van der Waals surface area contributed by atoms with Crippen molar-refractivity contribution in [3.8, 4) is 17.1 Å². The van der Waals surface area contributed by atoms with Crippen LogP contribution in [0.2, 0.25) is 10.0 Å².